The molecule has 4 heteroatoms. The second kappa shape index (κ2) is 4.61. The molecule has 0 aliphatic heterocycles. The van der Waals surface area contributed by atoms with E-state index < -0.39 is 0 Å². The molecule has 23 heavy (non-hydrogen) atoms. The number of hydrogen-bond donors (Lipinski definition) is 0. The molecule has 0 fully saturated rings. The molecule has 5 rings (SSSR count). The highest BCUT2D eigenvalue weighted by Crippen LogP contribution is 2.32. The minimum Gasteiger partial charge on any atom is -0.452 e. The maximum absolute atomic E-state index is 5.99. The Balaban J connectivity index is 1.84. The summed E-state index contributed by atoms with van der Waals surface area (Å²) in [6, 6.07) is 18.0. The van der Waals surface area contributed by atoms with Crippen molar-refractivity contribution >= 4 is 32.8 Å². The lowest BCUT2D eigenvalue weighted by Gasteiger charge is -2.02. The smallest absolute Gasteiger partial charge is 0.181 e. The van der Waals surface area contributed by atoms with E-state index in [0.717, 1.165) is 38.6 Å². The lowest BCUT2D eigenvalue weighted by molar-refractivity contribution is 0.667. The van der Waals surface area contributed by atoms with Gasteiger partial charge in [-0.2, -0.15) is 0 Å². The fourth-order valence-corrected chi connectivity index (χ4v) is 2.92. The first kappa shape index (κ1) is 12.3. The van der Waals surface area contributed by atoms with Crippen LogP contribution in [-0.4, -0.2) is 15.0 Å². The molecule has 5 aromatic rings. The Hall–Kier alpha value is -3.27. The van der Waals surface area contributed by atoms with Crippen LogP contribution in [0, 0.1) is 0 Å². The lowest BCUT2D eigenvalue weighted by Crippen LogP contribution is -1.89. The van der Waals surface area contributed by atoms with Gasteiger partial charge in [-0.3, -0.25) is 4.98 Å². The van der Waals surface area contributed by atoms with Crippen LogP contribution in [0.5, 0.6) is 0 Å². The zero-order valence-corrected chi connectivity index (χ0v) is 12.1. The lowest BCUT2D eigenvalue weighted by atomic mass is 10.1. The van der Waals surface area contributed by atoms with Crippen LogP contribution < -0.4 is 0 Å². The first-order valence-electron chi connectivity index (χ1n) is 7.37. The maximum Gasteiger partial charge on any atom is 0.181 e. The molecule has 0 aliphatic rings. The Morgan fingerprint density at radius 3 is 2.57 bits per heavy atom. The molecule has 3 aromatic heterocycles. The third kappa shape index (κ3) is 1.82. The summed E-state index contributed by atoms with van der Waals surface area (Å²) in [5.41, 5.74) is 3.81. The second-order valence-corrected chi connectivity index (χ2v) is 5.41. The van der Waals surface area contributed by atoms with E-state index >= 15 is 0 Å². The quantitative estimate of drug-likeness (QED) is 0.454. The van der Waals surface area contributed by atoms with Gasteiger partial charge in [-0.05, 0) is 23.6 Å². The number of benzene rings is 2. The average Bonchev–Trinajstić information content (AvgIpc) is 3.00. The van der Waals surface area contributed by atoms with Crippen LogP contribution in [0.1, 0.15) is 0 Å². The number of rotatable bonds is 1. The number of fused-ring (bicyclic) bond motifs is 4. The van der Waals surface area contributed by atoms with Crippen molar-refractivity contribution in [3.05, 3.63) is 67.1 Å². The number of pyridine rings is 1. The van der Waals surface area contributed by atoms with Crippen molar-refractivity contribution in [3.63, 3.8) is 0 Å². The van der Waals surface area contributed by atoms with Crippen molar-refractivity contribution < 1.29 is 4.42 Å². The van der Waals surface area contributed by atoms with Gasteiger partial charge in [0.05, 0.1) is 5.69 Å². The normalized spacial score (nSPS) is 11.5. The summed E-state index contributed by atoms with van der Waals surface area (Å²) in [5, 5.41) is 3.22. The third-order valence-corrected chi connectivity index (χ3v) is 4.03. The van der Waals surface area contributed by atoms with Crippen LogP contribution in [0.2, 0.25) is 0 Å². The molecule has 0 spiro atoms. The van der Waals surface area contributed by atoms with Gasteiger partial charge in [-0.25, -0.2) is 9.97 Å². The molecule has 0 N–H and O–H groups in total. The molecule has 4 nitrogen and oxygen atoms in total. The van der Waals surface area contributed by atoms with E-state index in [1.165, 1.54) is 0 Å². The largest absolute Gasteiger partial charge is 0.452 e. The van der Waals surface area contributed by atoms with Gasteiger partial charge in [0, 0.05) is 17.0 Å². The summed E-state index contributed by atoms with van der Waals surface area (Å²) in [4.78, 5) is 13.3. The van der Waals surface area contributed by atoms with E-state index in [1.54, 1.807) is 6.33 Å². The molecule has 0 saturated carbocycles. The Morgan fingerprint density at radius 1 is 0.783 bits per heavy atom. The van der Waals surface area contributed by atoms with E-state index in [0.29, 0.717) is 5.58 Å². The Morgan fingerprint density at radius 2 is 1.61 bits per heavy atom. The van der Waals surface area contributed by atoms with Gasteiger partial charge < -0.3 is 4.42 Å². The van der Waals surface area contributed by atoms with Gasteiger partial charge in [0.25, 0.3) is 0 Å². The van der Waals surface area contributed by atoms with Crippen molar-refractivity contribution in [2.24, 2.45) is 0 Å². The Bertz CT molecular complexity index is 1180. The van der Waals surface area contributed by atoms with Crippen LogP contribution in [-0.2, 0) is 0 Å². The van der Waals surface area contributed by atoms with Gasteiger partial charge in [0.1, 0.15) is 23.1 Å². The molecule has 0 amide bonds. The summed E-state index contributed by atoms with van der Waals surface area (Å²) in [6.45, 7) is 0. The van der Waals surface area contributed by atoms with Crippen LogP contribution >= 0.6 is 0 Å². The van der Waals surface area contributed by atoms with Crippen molar-refractivity contribution in [1.29, 1.82) is 0 Å². The molecular weight excluding hydrogens is 286 g/mol. The first-order chi connectivity index (χ1) is 11.4. The van der Waals surface area contributed by atoms with Gasteiger partial charge in [0.2, 0.25) is 0 Å². The number of aromatic nitrogens is 3. The van der Waals surface area contributed by atoms with Gasteiger partial charge in [-0.15, -0.1) is 0 Å². The first-order valence-corrected chi connectivity index (χ1v) is 7.37. The van der Waals surface area contributed by atoms with E-state index in [4.69, 9.17) is 4.42 Å². The molecule has 3 heterocycles. The fraction of sp³-hybridized carbons (Fsp3) is 0. The molecule has 0 aliphatic carbocycles. The minimum atomic E-state index is 0.677. The molecule has 0 atom stereocenters. The summed E-state index contributed by atoms with van der Waals surface area (Å²) >= 11 is 0. The maximum atomic E-state index is 5.99. The predicted molar refractivity (Wildman–Crippen MR) is 90.0 cm³/mol. The van der Waals surface area contributed by atoms with Gasteiger partial charge in [0.15, 0.2) is 5.58 Å². The van der Waals surface area contributed by atoms with Crippen molar-refractivity contribution in [2.75, 3.05) is 0 Å². The van der Waals surface area contributed by atoms with E-state index in [2.05, 4.69) is 21.0 Å². The zero-order valence-electron chi connectivity index (χ0n) is 12.1. The zero-order chi connectivity index (χ0) is 15.2. The SMILES string of the molecule is c1ccc2cc(-c3ncnc4c3oc3ccccc34)ncc2c1. The topological polar surface area (TPSA) is 51.8 Å². The van der Waals surface area contributed by atoms with E-state index in [1.807, 2.05) is 54.7 Å². The van der Waals surface area contributed by atoms with Crippen molar-refractivity contribution in [1.82, 2.24) is 15.0 Å². The van der Waals surface area contributed by atoms with Crippen LogP contribution in [0.4, 0.5) is 0 Å². The summed E-state index contributed by atoms with van der Waals surface area (Å²) in [5.74, 6) is 0. The van der Waals surface area contributed by atoms with Gasteiger partial charge in [-0.1, -0.05) is 36.4 Å². The molecule has 0 bridgehead atoms. The molecule has 0 radical (unpaired) electrons. The standard InChI is InChI=1S/C19H11N3O/c1-2-6-13-10-20-15(9-12(13)5-1)18-19-17(21-11-22-18)14-7-3-4-8-16(14)23-19/h1-11H. The van der Waals surface area contributed by atoms with Crippen LogP contribution in [0.3, 0.4) is 0 Å². The van der Waals surface area contributed by atoms with Crippen molar-refractivity contribution in [2.45, 2.75) is 0 Å². The highest BCUT2D eigenvalue weighted by molar-refractivity contribution is 6.06. The third-order valence-electron chi connectivity index (χ3n) is 4.03. The fourth-order valence-electron chi connectivity index (χ4n) is 2.92. The molecule has 2 aromatic carbocycles. The minimum absolute atomic E-state index is 0.677. The number of hydrogen-bond acceptors (Lipinski definition) is 4. The predicted octanol–water partition coefficient (Wildman–Crippen LogP) is 4.59. The average molecular weight is 297 g/mol. The van der Waals surface area contributed by atoms with Crippen LogP contribution in [0.15, 0.2) is 71.5 Å². The number of para-hydroxylation sites is 1. The second-order valence-electron chi connectivity index (χ2n) is 5.41. The highest BCUT2D eigenvalue weighted by Gasteiger charge is 2.15. The molecular formula is C19H11N3O. The van der Waals surface area contributed by atoms with E-state index in [-0.39, 0.29) is 0 Å². The number of nitrogens with zero attached hydrogens (tertiary/aromatic N) is 3. The van der Waals surface area contributed by atoms with Crippen molar-refractivity contribution in [3.8, 4) is 11.4 Å². The molecule has 0 unspecified atom stereocenters. The van der Waals surface area contributed by atoms with E-state index in [9.17, 15) is 0 Å². The van der Waals surface area contributed by atoms with Crippen LogP contribution in [0.25, 0.3) is 44.2 Å². The van der Waals surface area contributed by atoms with Gasteiger partial charge >= 0.3 is 0 Å². The summed E-state index contributed by atoms with van der Waals surface area (Å²) < 4.78 is 5.99. The Kier molecular flexibility index (Phi) is 2.46. The monoisotopic (exact) mass is 297 g/mol. The Labute approximate surface area is 131 Å². The number of furan rings is 1. The summed E-state index contributed by atoms with van der Waals surface area (Å²) in [7, 11) is 0. The molecule has 108 valence electrons. The summed E-state index contributed by atoms with van der Waals surface area (Å²) in [6.07, 6.45) is 3.43. The highest BCUT2D eigenvalue weighted by atomic mass is 16.3. The molecule has 0 saturated heterocycles.